The fourth-order valence-electron chi connectivity index (χ4n) is 1.81. The third-order valence-electron chi connectivity index (χ3n) is 2.76. The Bertz CT molecular complexity index is 610. The highest BCUT2D eigenvalue weighted by Gasteiger charge is 2.32. The first-order chi connectivity index (χ1) is 9.56. The van der Waals surface area contributed by atoms with Crippen LogP contribution in [0.2, 0.25) is 5.02 Å². The minimum absolute atomic E-state index is 0.172. The number of imide groups is 1. The van der Waals surface area contributed by atoms with Crippen molar-refractivity contribution in [1.29, 1.82) is 0 Å². The first-order valence-electron chi connectivity index (χ1n) is 5.85. The Morgan fingerprint density at radius 3 is 2.80 bits per heavy atom. The summed E-state index contributed by atoms with van der Waals surface area (Å²) in [7, 11) is 1.52. The Morgan fingerprint density at radius 2 is 2.20 bits per heavy atom. The van der Waals surface area contributed by atoms with E-state index in [1.807, 2.05) is 0 Å². The fraction of sp³-hybridized carbons (Fsp3) is 0.143. The normalized spacial score (nSPS) is 16.5. The van der Waals surface area contributed by atoms with Gasteiger partial charge in [0.15, 0.2) is 0 Å². The summed E-state index contributed by atoms with van der Waals surface area (Å²) in [6.45, 7) is 3.68. The van der Waals surface area contributed by atoms with Gasteiger partial charge < -0.3 is 10.1 Å². The number of halogens is 1. The first-order valence-corrected chi connectivity index (χ1v) is 6.23. The molecule has 1 aliphatic heterocycles. The van der Waals surface area contributed by atoms with Crippen LogP contribution in [0.5, 0.6) is 5.75 Å². The van der Waals surface area contributed by atoms with E-state index in [1.54, 1.807) is 24.3 Å². The van der Waals surface area contributed by atoms with Crippen LogP contribution >= 0.6 is 11.6 Å². The van der Waals surface area contributed by atoms with E-state index < -0.39 is 6.03 Å². The summed E-state index contributed by atoms with van der Waals surface area (Å²) in [5.41, 5.74) is 0.901. The molecule has 0 bridgehead atoms. The third kappa shape index (κ3) is 2.67. The number of nitrogens with zero attached hydrogens (tertiary/aromatic N) is 1. The van der Waals surface area contributed by atoms with Crippen molar-refractivity contribution in [2.45, 2.75) is 0 Å². The Balaban J connectivity index is 2.28. The second-order valence-corrected chi connectivity index (χ2v) is 4.49. The van der Waals surface area contributed by atoms with Gasteiger partial charge in [-0.2, -0.15) is 0 Å². The predicted octanol–water partition coefficient (Wildman–Crippen LogP) is 2.43. The van der Waals surface area contributed by atoms with Crippen molar-refractivity contribution in [2.24, 2.45) is 0 Å². The van der Waals surface area contributed by atoms with Gasteiger partial charge in [0.2, 0.25) is 0 Å². The minimum atomic E-state index is -0.458. The second kappa shape index (κ2) is 5.79. The maximum Gasteiger partial charge on any atom is 0.329 e. The monoisotopic (exact) mass is 292 g/mol. The van der Waals surface area contributed by atoms with E-state index in [4.69, 9.17) is 16.3 Å². The molecule has 0 saturated carbocycles. The zero-order valence-corrected chi connectivity index (χ0v) is 11.6. The fourth-order valence-corrected chi connectivity index (χ4v) is 2.07. The highest BCUT2D eigenvalue weighted by molar-refractivity contribution is 6.32. The van der Waals surface area contributed by atoms with Gasteiger partial charge in [-0.25, -0.2) is 4.79 Å². The zero-order chi connectivity index (χ0) is 14.7. The lowest BCUT2D eigenvalue weighted by Crippen LogP contribution is -2.30. The largest absolute Gasteiger partial charge is 0.495 e. The van der Waals surface area contributed by atoms with Gasteiger partial charge in [-0.1, -0.05) is 23.7 Å². The van der Waals surface area contributed by atoms with Crippen molar-refractivity contribution in [1.82, 2.24) is 10.2 Å². The van der Waals surface area contributed by atoms with E-state index in [0.717, 1.165) is 4.90 Å². The molecule has 2 rings (SSSR count). The number of carbonyl (C=O) groups excluding carboxylic acids is 2. The molecule has 0 aromatic heterocycles. The number of benzene rings is 1. The number of hydrogen-bond donors (Lipinski definition) is 1. The van der Waals surface area contributed by atoms with Gasteiger partial charge in [0.05, 0.1) is 12.1 Å². The molecular weight excluding hydrogens is 280 g/mol. The van der Waals surface area contributed by atoms with Crippen LogP contribution in [-0.2, 0) is 4.79 Å². The van der Waals surface area contributed by atoms with Crippen LogP contribution < -0.4 is 10.1 Å². The number of nitrogens with one attached hydrogen (secondary N) is 1. The summed E-state index contributed by atoms with van der Waals surface area (Å²) >= 11 is 6.01. The smallest absolute Gasteiger partial charge is 0.329 e. The number of rotatable bonds is 4. The molecule has 1 heterocycles. The summed E-state index contributed by atoms with van der Waals surface area (Å²) in [6.07, 6.45) is 3.05. The topological polar surface area (TPSA) is 58.6 Å². The molecule has 1 aliphatic rings. The summed E-state index contributed by atoms with van der Waals surface area (Å²) in [6, 6.07) is 4.63. The van der Waals surface area contributed by atoms with Crippen LogP contribution in [0.25, 0.3) is 6.08 Å². The van der Waals surface area contributed by atoms with Crippen LogP contribution in [0.1, 0.15) is 5.56 Å². The number of urea groups is 1. The van der Waals surface area contributed by atoms with Crippen LogP contribution in [-0.4, -0.2) is 30.5 Å². The summed E-state index contributed by atoms with van der Waals surface area (Å²) in [5, 5.41) is 2.94. The molecule has 0 atom stereocenters. The average molecular weight is 293 g/mol. The van der Waals surface area contributed by atoms with Gasteiger partial charge in [-0.3, -0.25) is 9.69 Å². The SMILES string of the molecule is C=CCN1C(=O)N/C(=C\c2ccc(OC)c(Cl)c2)C1=O. The molecule has 104 valence electrons. The molecule has 6 heteroatoms. The van der Waals surface area contributed by atoms with E-state index in [0.29, 0.717) is 16.3 Å². The van der Waals surface area contributed by atoms with E-state index >= 15 is 0 Å². The lowest BCUT2D eigenvalue weighted by atomic mass is 10.2. The molecule has 0 unspecified atom stereocenters. The molecule has 20 heavy (non-hydrogen) atoms. The average Bonchev–Trinajstić information content (AvgIpc) is 2.67. The van der Waals surface area contributed by atoms with E-state index in [-0.39, 0.29) is 18.1 Å². The maximum atomic E-state index is 12.0. The van der Waals surface area contributed by atoms with Gasteiger partial charge in [-0.05, 0) is 23.8 Å². The molecule has 1 saturated heterocycles. The Kier molecular flexibility index (Phi) is 4.10. The van der Waals surface area contributed by atoms with Gasteiger partial charge in [-0.15, -0.1) is 6.58 Å². The Labute approximate surface area is 121 Å². The second-order valence-electron chi connectivity index (χ2n) is 4.09. The standard InChI is InChI=1S/C14H13ClN2O3/c1-3-6-17-13(18)11(16-14(17)19)8-9-4-5-12(20-2)10(15)7-9/h3-5,7-8H,1,6H2,2H3,(H,16,19)/b11-8-. The molecular formula is C14H13ClN2O3. The summed E-state index contributed by atoms with van der Waals surface area (Å²) in [4.78, 5) is 24.7. The highest BCUT2D eigenvalue weighted by atomic mass is 35.5. The highest BCUT2D eigenvalue weighted by Crippen LogP contribution is 2.26. The number of hydrogen-bond acceptors (Lipinski definition) is 3. The molecule has 0 spiro atoms. The Morgan fingerprint density at radius 1 is 1.45 bits per heavy atom. The molecule has 1 aromatic rings. The van der Waals surface area contributed by atoms with E-state index in [2.05, 4.69) is 11.9 Å². The third-order valence-corrected chi connectivity index (χ3v) is 3.06. The molecule has 0 aliphatic carbocycles. The van der Waals surface area contributed by atoms with Gasteiger partial charge in [0.1, 0.15) is 11.4 Å². The molecule has 3 amide bonds. The van der Waals surface area contributed by atoms with Crippen LogP contribution in [0.3, 0.4) is 0 Å². The van der Waals surface area contributed by atoms with Crippen LogP contribution in [0.4, 0.5) is 4.79 Å². The minimum Gasteiger partial charge on any atom is -0.495 e. The first kappa shape index (κ1) is 14.1. The molecule has 1 fully saturated rings. The lowest BCUT2D eigenvalue weighted by Gasteiger charge is -2.07. The van der Waals surface area contributed by atoms with Crippen molar-refractivity contribution in [3.05, 3.63) is 47.1 Å². The van der Waals surface area contributed by atoms with Crippen LogP contribution in [0.15, 0.2) is 36.6 Å². The van der Waals surface area contributed by atoms with Gasteiger partial charge in [0, 0.05) is 6.54 Å². The van der Waals surface area contributed by atoms with Crippen molar-refractivity contribution in [2.75, 3.05) is 13.7 Å². The van der Waals surface area contributed by atoms with E-state index in [9.17, 15) is 9.59 Å². The van der Waals surface area contributed by atoms with Crippen molar-refractivity contribution >= 4 is 29.6 Å². The number of methoxy groups -OCH3 is 1. The van der Waals surface area contributed by atoms with Crippen molar-refractivity contribution in [3.63, 3.8) is 0 Å². The lowest BCUT2D eigenvalue weighted by molar-refractivity contribution is -0.122. The quantitative estimate of drug-likeness (QED) is 0.527. The summed E-state index contributed by atoms with van der Waals surface area (Å²) < 4.78 is 5.05. The number of carbonyl (C=O) groups is 2. The number of amides is 3. The molecule has 0 radical (unpaired) electrons. The molecule has 5 nitrogen and oxygen atoms in total. The molecule has 1 aromatic carbocycles. The van der Waals surface area contributed by atoms with Gasteiger partial charge >= 0.3 is 6.03 Å². The molecule has 1 N–H and O–H groups in total. The Hall–Kier alpha value is -2.27. The maximum absolute atomic E-state index is 12.0. The predicted molar refractivity (Wildman–Crippen MR) is 76.4 cm³/mol. The van der Waals surface area contributed by atoms with Gasteiger partial charge in [0.25, 0.3) is 5.91 Å². The zero-order valence-electron chi connectivity index (χ0n) is 10.9. The van der Waals surface area contributed by atoms with Crippen LogP contribution in [0, 0.1) is 0 Å². The summed E-state index contributed by atoms with van der Waals surface area (Å²) in [5.74, 6) is 0.158. The van der Waals surface area contributed by atoms with Crippen molar-refractivity contribution in [3.8, 4) is 5.75 Å². The number of ether oxygens (including phenoxy) is 1. The van der Waals surface area contributed by atoms with E-state index in [1.165, 1.54) is 13.2 Å². The van der Waals surface area contributed by atoms with Crippen molar-refractivity contribution < 1.29 is 14.3 Å².